The van der Waals surface area contributed by atoms with Gasteiger partial charge in [-0.3, -0.25) is 9.59 Å². The fourth-order valence-corrected chi connectivity index (χ4v) is 2.97. The summed E-state index contributed by atoms with van der Waals surface area (Å²) in [5.74, 6) is -1.90. The summed E-state index contributed by atoms with van der Waals surface area (Å²) in [7, 11) is 0. The smallest absolute Gasteiger partial charge is 0.320 e. The topological polar surface area (TPSA) is 63.6 Å². The third-order valence-corrected chi connectivity index (χ3v) is 4.55. The first-order chi connectivity index (χ1) is 10.0. The molecule has 1 N–H and O–H groups in total. The highest BCUT2D eigenvalue weighted by Crippen LogP contribution is 2.27. The fourth-order valence-electron chi connectivity index (χ4n) is 2.97. The molecule has 4 nitrogen and oxygen atoms in total. The van der Waals surface area contributed by atoms with E-state index in [4.69, 9.17) is 4.74 Å². The quantitative estimate of drug-likeness (QED) is 0.415. The van der Waals surface area contributed by atoms with Crippen molar-refractivity contribution in [2.24, 2.45) is 11.8 Å². The van der Waals surface area contributed by atoms with E-state index in [2.05, 4.69) is 0 Å². The molecule has 1 aliphatic carbocycles. The summed E-state index contributed by atoms with van der Waals surface area (Å²) in [5.41, 5.74) is 0. The number of ether oxygens (including phenoxy) is 1. The molecule has 0 aromatic heterocycles. The minimum absolute atomic E-state index is 0.207. The molecular formula is C17H30O4. The molecule has 0 aromatic rings. The van der Waals surface area contributed by atoms with Gasteiger partial charge in [-0.05, 0) is 25.7 Å². The van der Waals surface area contributed by atoms with Crippen molar-refractivity contribution in [1.29, 1.82) is 0 Å². The Hall–Kier alpha value is -1.06. The van der Waals surface area contributed by atoms with Crippen molar-refractivity contribution in [1.82, 2.24) is 0 Å². The lowest BCUT2D eigenvalue weighted by molar-refractivity contribution is -0.162. The lowest BCUT2D eigenvalue weighted by atomic mass is 9.91. The SMILES string of the molecule is CCC(C)OC(=O)C(CCCC1CCCCCC1)C(=O)O. The summed E-state index contributed by atoms with van der Waals surface area (Å²) in [6.07, 6.45) is 10.5. The molecular weight excluding hydrogens is 268 g/mol. The Balaban J connectivity index is 2.36. The minimum Gasteiger partial charge on any atom is -0.481 e. The minimum atomic E-state index is -1.05. The molecule has 4 heteroatoms. The van der Waals surface area contributed by atoms with Gasteiger partial charge in [-0.25, -0.2) is 0 Å². The van der Waals surface area contributed by atoms with E-state index in [9.17, 15) is 14.7 Å². The van der Waals surface area contributed by atoms with E-state index in [0.717, 1.165) is 12.8 Å². The Morgan fingerprint density at radius 1 is 1.19 bits per heavy atom. The standard InChI is InChI=1S/C17H30O4/c1-3-13(2)21-17(20)15(16(18)19)12-8-11-14-9-6-4-5-7-10-14/h13-15H,3-12H2,1-2H3,(H,18,19). The molecule has 1 saturated carbocycles. The van der Waals surface area contributed by atoms with Gasteiger partial charge in [-0.2, -0.15) is 0 Å². The predicted octanol–water partition coefficient (Wildman–Crippen LogP) is 4.17. The average molecular weight is 298 g/mol. The van der Waals surface area contributed by atoms with Gasteiger partial charge in [-0.15, -0.1) is 0 Å². The number of esters is 1. The molecule has 0 saturated heterocycles. The molecule has 0 aromatic carbocycles. The zero-order valence-electron chi connectivity index (χ0n) is 13.5. The number of hydrogen-bond donors (Lipinski definition) is 1. The van der Waals surface area contributed by atoms with Crippen LogP contribution < -0.4 is 0 Å². The van der Waals surface area contributed by atoms with E-state index in [1.165, 1.54) is 38.5 Å². The first kappa shape index (κ1) is 18.0. The Labute approximate surface area is 128 Å². The predicted molar refractivity (Wildman–Crippen MR) is 82.0 cm³/mol. The highest BCUT2D eigenvalue weighted by molar-refractivity contribution is 5.93. The summed E-state index contributed by atoms with van der Waals surface area (Å²) >= 11 is 0. The molecule has 122 valence electrons. The van der Waals surface area contributed by atoms with Crippen molar-refractivity contribution in [3.05, 3.63) is 0 Å². The maximum atomic E-state index is 11.9. The highest BCUT2D eigenvalue weighted by atomic mass is 16.5. The van der Waals surface area contributed by atoms with Crippen LogP contribution in [0.2, 0.25) is 0 Å². The van der Waals surface area contributed by atoms with Gasteiger partial charge in [0.25, 0.3) is 0 Å². The molecule has 0 aliphatic heterocycles. The van der Waals surface area contributed by atoms with Crippen LogP contribution >= 0.6 is 0 Å². The van der Waals surface area contributed by atoms with Crippen molar-refractivity contribution < 1.29 is 19.4 Å². The summed E-state index contributed by atoms with van der Waals surface area (Å²) in [5, 5.41) is 9.21. The third-order valence-electron chi connectivity index (χ3n) is 4.55. The van der Waals surface area contributed by atoms with Crippen LogP contribution in [0.4, 0.5) is 0 Å². The van der Waals surface area contributed by atoms with E-state index in [-0.39, 0.29) is 6.10 Å². The second kappa shape index (κ2) is 9.80. The molecule has 2 atom stereocenters. The van der Waals surface area contributed by atoms with E-state index in [0.29, 0.717) is 18.8 Å². The maximum Gasteiger partial charge on any atom is 0.320 e. The van der Waals surface area contributed by atoms with E-state index >= 15 is 0 Å². The summed E-state index contributed by atoms with van der Waals surface area (Å²) in [4.78, 5) is 23.1. The van der Waals surface area contributed by atoms with Gasteiger partial charge in [0.1, 0.15) is 0 Å². The largest absolute Gasteiger partial charge is 0.481 e. The first-order valence-electron chi connectivity index (χ1n) is 8.47. The molecule has 2 unspecified atom stereocenters. The van der Waals surface area contributed by atoms with Crippen molar-refractivity contribution in [2.75, 3.05) is 0 Å². The molecule has 1 aliphatic rings. The van der Waals surface area contributed by atoms with E-state index < -0.39 is 17.9 Å². The summed E-state index contributed by atoms with van der Waals surface area (Å²) in [6.45, 7) is 3.71. The van der Waals surface area contributed by atoms with Crippen LogP contribution in [0.5, 0.6) is 0 Å². The van der Waals surface area contributed by atoms with Gasteiger partial charge in [0.2, 0.25) is 0 Å². The van der Waals surface area contributed by atoms with Crippen molar-refractivity contribution in [3.8, 4) is 0 Å². The van der Waals surface area contributed by atoms with Gasteiger partial charge in [0.15, 0.2) is 5.92 Å². The Kier molecular flexibility index (Phi) is 8.40. The van der Waals surface area contributed by atoms with Crippen LogP contribution in [0.25, 0.3) is 0 Å². The normalized spacial score (nSPS) is 19.5. The number of carboxylic acids is 1. The Morgan fingerprint density at radius 3 is 2.33 bits per heavy atom. The van der Waals surface area contributed by atoms with Crippen LogP contribution in [-0.4, -0.2) is 23.1 Å². The van der Waals surface area contributed by atoms with Crippen LogP contribution in [0.15, 0.2) is 0 Å². The fraction of sp³-hybridized carbons (Fsp3) is 0.882. The lowest BCUT2D eigenvalue weighted by Gasteiger charge is -2.17. The number of aliphatic carboxylic acids is 1. The third kappa shape index (κ3) is 6.96. The average Bonchev–Trinajstić information content (AvgIpc) is 2.71. The molecule has 0 amide bonds. The molecule has 0 spiro atoms. The molecule has 0 radical (unpaired) electrons. The van der Waals surface area contributed by atoms with Crippen molar-refractivity contribution in [2.45, 2.75) is 84.2 Å². The Bertz CT molecular complexity index is 319. The second-order valence-corrected chi connectivity index (χ2v) is 6.34. The first-order valence-corrected chi connectivity index (χ1v) is 8.47. The van der Waals surface area contributed by atoms with Crippen LogP contribution in [0, 0.1) is 11.8 Å². The summed E-state index contributed by atoms with van der Waals surface area (Å²) < 4.78 is 5.17. The monoisotopic (exact) mass is 298 g/mol. The van der Waals surface area contributed by atoms with Crippen LogP contribution in [-0.2, 0) is 14.3 Å². The zero-order chi connectivity index (χ0) is 15.7. The lowest BCUT2D eigenvalue weighted by Crippen LogP contribution is -2.28. The number of carboxylic acid groups (broad SMARTS) is 1. The van der Waals surface area contributed by atoms with E-state index in [1.54, 1.807) is 6.92 Å². The van der Waals surface area contributed by atoms with Crippen molar-refractivity contribution >= 4 is 11.9 Å². The van der Waals surface area contributed by atoms with Gasteiger partial charge >= 0.3 is 11.9 Å². The number of hydrogen-bond acceptors (Lipinski definition) is 3. The molecule has 0 bridgehead atoms. The van der Waals surface area contributed by atoms with Gasteiger partial charge in [0.05, 0.1) is 6.10 Å². The molecule has 0 heterocycles. The van der Waals surface area contributed by atoms with Gasteiger partial charge in [0, 0.05) is 0 Å². The number of carbonyl (C=O) groups excluding carboxylic acids is 1. The molecule has 1 rings (SSSR count). The van der Waals surface area contributed by atoms with Crippen LogP contribution in [0.1, 0.15) is 78.1 Å². The van der Waals surface area contributed by atoms with Crippen LogP contribution in [0.3, 0.4) is 0 Å². The number of carbonyl (C=O) groups is 2. The number of rotatable bonds is 8. The maximum absolute atomic E-state index is 11.9. The van der Waals surface area contributed by atoms with E-state index in [1.807, 2.05) is 6.92 Å². The highest BCUT2D eigenvalue weighted by Gasteiger charge is 2.28. The van der Waals surface area contributed by atoms with Gasteiger partial charge in [-0.1, -0.05) is 58.3 Å². The van der Waals surface area contributed by atoms with Gasteiger partial charge < -0.3 is 9.84 Å². The second-order valence-electron chi connectivity index (χ2n) is 6.34. The van der Waals surface area contributed by atoms with Crippen molar-refractivity contribution in [3.63, 3.8) is 0 Å². The Morgan fingerprint density at radius 2 is 1.81 bits per heavy atom. The summed E-state index contributed by atoms with van der Waals surface area (Å²) in [6, 6.07) is 0. The molecule has 21 heavy (non-hydrogen) atoms. The molecule has 1 fully saturated rings. The zero-order valence-corrected chi connectivity index (χ0v) is 13.5.